The molecule has 7 nitrogen and oxygen atoms in total. The Kier molecular flexibility index (Phi) is 4.76. The molecule has 3 rings (SSSR count). The molecule has 1 aromatic carbocycles. The normalized spacial score (nSPS) is 17.9. The van der Waals surface area contributed by atoms with Crippen LogP contribution in [0, 0.1) is 0 Å². The predicted octanol–water partition coefficient (Wildman–Crippen LogP) is 1.93. The first-order valence-electron chi connectivity index (χ1n) is 7.53. The molecular formula is C17H15ClN2O5. The quantitative estimate of drug-likeness (QED) is 0.877. The maximum absolute atomic E-state index is 12.9. The second kappa shape index (κ2) is 6.98. The van der Waals surface area contributed by atoms with E-state index < -0.39 is 24.5 Å². The van der Waals surface area contributed by atoms with E-state index in [-0.39, 0.29) is 19.0 Å². The number of piperazine rings is 1. The van der Waals surface area contributed by atoms with Gasteiger partial charge in [-0.2, -0.15) is 0 Å². The van der Waals surface area contributed by atoms with Crippen LogP contribution in [0.4, 0.5) is 0 Å². The number of hydrogen-bond donors (Lipinski definition) is 1. The average molecular weight is 363 g/mol. The van der Waals surface area contributed by atoms with Crippen LogP contribution in [0.1, 0.15) is 17.4 Å². The molecule has 2 heterocycles. The number of benzene rings is 1. The standard InChI is InChI=1S/C17H15ClN2O5/c18-12-5-3-11(4-6-12)16-17(24)19(8-13-2-1-7-25-13)9-14(21)20(16)10-15(22)23/h1-7,16H,8-10H2,(H,22,23). The summed E-state index contributed by atoms with van der Waals surface area (Å²) < 4.78 is 5.24. The fraction of sp³-hybridized carbons (Fsp3) is 0.235. The summed E-state index contributed by atoms with van der Waals surface area (Å²) in [7, 11) is 0. The predicted molar refractivity (Wildman–Crippen MR) is 87.7 cm³/mol. The highest BCUT2D eigenvalue weighted by atomic mass is 35.5. The van der Waals surface area contributed by atoms with Gasteiger partial charge in [-0.15, -0.1) is 0 Å². The molecule has 0 radical (unpaired) electrons. The topological polar surface area (TPSA) is 91.1 Å². The smallest absolute Gasteiger partial charge is 0.323 e. The van der Waals surface area contributed by atoms with Crippen molar-refractivity contribution in [1.29, 1.82) is 0 Å². The number of hydrogen-bond acceptors (Lipinski definition) is 4. The van der Waals surface area contributed by atoms with Gasteiger partial charge in [-0.25, -0.2) is 0 Å². The van der Waals surface area contributed by atoms with Gasteiger partial charge < -0.3 is 19.3 Å². The zero-order chi connectivity index (χ0) is 18.0. The van der Waals surface area contributed by atoms with Gasteiger partial charge >= 0.3 is 5.97 Å². The van der Waals surface area contributed by atoms with Crippen molar-refractivity contribution in [1.82, 2.24) is 9.80 Å². The molecule has 1 N–H and O–H groups in total. The first kappa shape index (κ1) is 17.0. The van der Waals surface area contributed by atoms with Gasteiger partial charge in [0.05, 0.1) is 12.8 Å². The number of carboxylic acid groups (broad SMARTS) is 1. The molecule has 1 atom stereocenters. The van der Waals surface area contributed by atoms with Crippen LogP contribution in [0.5, 0.6) is 0 Å². The molecule has 1 fully saturated rings. The Labute approximate surface area is 148 Å². The SMILES string of the molecule is O=C(O)CN1C(=O)CN(Cc2ccco2)C(=O)C1c1ccc(Cl)cc1. The molecule has 0 aliphatic carbocycles. The lowest BCUT2D eigenvalue weighted by Crippen LogP contribution is -2.56. The summed E-state index contributed by atoms with van der Waals surface area (Å²) in [5, 5.41) is 9.58. The summed E-state index contributed by atoms with van der Waals surface area (Å²) >= 11 is 5.88. The van der Waals surface area contributed by atoms with Crippen LogP contribution in [-0.4, -0.2) is 45.8 Å². The number of aliphatic carboxylic acids is 1. The third-order valence-electron chi connectivity index (χ3n) is 3.92. The van der Waals surface area contributed by atoms with Gasteiger partial charge in [0, 0.05) is 5.02 Å². The number of nitrogens with zero attached hydrogens (tertiary/aromatic N) is 2. The van der Waals surface area contributed by atoms with Crippen LogP contribution in [0.15, 0.2) is 47.1 Å². The average Bonchev–Trinajstić information content (AvgIpc) is 3.06. The van der Waals surface area contributed by atoms with E-state index in [0.717, 1.165) is 4.90 Å². The zero-order valence-electron chi connectivity index (χ0n) is 13.1. The van der Waals surface area contributed by atoms with E-state index in [9.17, 15) is 14.4 Å². The lowest BCUT2D eigenvalue weighted by Gasteiger charge is -2.39. The number of halogens is 1. The Bertz CT molecular complexity index is 788. The van der Waals surface area contributed by atoms with Gasteiger partial charge in [0.1, 0.15) is 24.9 Å². The van der Waals surface area contributed by atoms with E-state index in [1.54, 1.807) is 36.4 Å². The van der Waals surface area contributed by atoms with E-state index in [2.05, 4.69) is 0 Å². The van der Waals surface area contributed by atoms with Crippen molar-refractivity contribution in [3.8, 4) is 0 Å². The Morgan fingerprint density at radius 1 is 1.24 bits per heavy atom. The highest BCUT2D eigenvalue weighted by Gasteiger charge is 2.41. The number of rotatable bonds is 5. The molecule has 2 aromatic rings. The molecule has 1 aromatic heterocycles. The van der Waals surface area contributed by atoms with Gasteiger partial charge in [0.25, 0.3) is 5.91 Å². The van der Waals surface area contributed by atoms with Gasteiger partial charge in [0.2, 0.25) is 5.91 Å². The molecule has 130 valence electrons. The molecule has 0 saturated carbocycles. The fourth-order valence-corrected chi connectivity index (χ4v) is 2.93. The summed E-state index contributed by atoms with van der Waals surface area (Å²) in [6.45, 7) is -0.605. The molecule has 2 amide bonds. The van der Waals surface area contributed by atoms with Gasteiger partial charge in [0.15, 0.2) is 0 Å². The maximum Gasteiger partial charge on any atom is 0.323 e. The lowest BCUT2D eigenvalue weighted by molar-refractivity contribution is -0.160. The highest BCUT2D eigenvalue weighted by molar-refractivity contribution is 6.30. The minimum atomic E-state index is -1.18. The van der Waals surface area contributed by atoms with E-state index in [1.807, 2.05) is 0 Å². The van der Waals surface area contributed by atoms with Gasteiger partial charge in [-0.05, 0) is 29.8 Å². The molecule has 0 bridgehead atoms. The zero-order valence-corrected chi connectivity index (χ0v) is 13.8. The molecule has 1 unspecified atom stereocenters. The van der Waals surface area contributed by atoms with Crippen molar-refractivity contribution in [2.45, 2.75) is 12.6 Å². The molecular weight excluding hydrogens is 348 g/mol. The summed E-state index contributed by atoms with van der Waals surface area (Å²) in [4.78, 5) is 39.0. The number of carbonyl (C=O) groups excluding carboxylic acids is 2. The maximum atomic E-state index is 12.9. The first-order chi connectivity index (χ1) is 12.0. The first-order valence-corrected chi connectivity index (χ1v) is 7.91. The highest BCUT2D eigenvalue weighted by Crippen LogP contribution is 2.29. The van der Waals surface area contributed by atoms with Crippen molar-refractivity contribution in [2.24, 2.45) is 0 Å². The largest absolute Gasteiger partial charge is 0.480 e. The van der Waals surface area contributed by atoms with Crippen LogP contribution in [0.2, 0.25) is 5.02 Å². The number of amides is 2. The van der Waals surface area contributed by atoms with Crippen molar-refractivity contribution in [2.75, 3.05) is 13.1 Å². The Balaban J connectivity index is 1.93. The van der Waals surface area contributed by atoms with E-state index in [4.69, 9.17) is 21.1 Å². The van der Waals surface area contributed by atoms with Crippen LogP contribution in [0.25, 0.3) is 0 Å². The van der Waals surface area contributed by atoms with Crippen molar-refractivity contribution in [3.05, 3.63) is 59.0 Å². The number of carbonyl (C=O) groups is 3. The van der Waals surface area contributed by atoms with E-state index in [0.29, 0.717) is 16.3 Å². The van der Waals surface area contributed by atoms with Crippen molar-refractivity contribution in [3.63, 3.8) is 0 Å². The van der Waals surface area contributed by atoms with Crippen LogP contribution < -0.4 is 0 Å². The Morgan fingerprint density at radius 2 is 1.96 bits per heavy atom. The molecule has 8 heteroatoms. The summed E-state index contributed by atoms with van der Waals surface area (Å²) in [5.41, 5.74) is 0.508. The lowest BCUT2D eigenvalue weighted by atomic mass is 10.0. The number of carboxylic acids is 1. The fourth-order valence-electron chi connectivity index (χ4n) is 2.80. The van der Waals surface area contributed by atoms with Crippen molar-refractivity contribution < 1.29 is 23.9 Å². The second-order valence-electron chi connectivity index (χ2n) is 5.64. The third kappa shape index (κ3) is 3.66. The molecule has 0 spiro atoms. The Morgan fingerprint density at radius 3 is 2.56 bits per heavy atom. The summed E-state index contributed by atoms with van der Waals surface area (Å²) in [6, 6.07) is 8.81. The molecule has 1 saturated heterocycles. The van der Waals surface area contributed by atoms with Crippen LogP contribution in [0.3, 0.4) is 0 Å². The molecule has 1 aliphatic rings. The molecule has 1 aliphatic heterocycles. The second-order valence-corrected chi connectivity index (χ2v) is 6.08. The monoisotopic (exact) mass is 362 g/mol. The van der Waals surface area contributed by atoms with E-state index in [1.165, 1.54) is 11.2 Å². The van der Waals surface area contributed by atoms with Crippen LogP contribution >= 0.6 is 11.6 Å². The Hall–Kier alpha value is -2.80. The minimum absolute atomic E-state index is 0.141. The van der Waals surface area contributed by atoms with Crippen LogP contribution in [-0.2, 0) is 20.9 Å². The number of furan rings is 1. The molecule has 25 heavy (non-hydrogen) atoms. The van der Waals surface area contributed by atoms with Gasteiger partial charge in [-0.1, -0.05) is 23.7 Å². The minimum Gasteiger partial charge on any atom is -0.480 e. The third-order valence-corrected chi connectivity index (χ3v) is 4.17. The summed E-state index contributed by atoms with van der Waals surface area (Å²) in [6.07, 6.45) is 1.49. The summed E-state index contributed by atoms with van der Waals surface area (Å²) in [5.74, 6) is -1.43. The van der Waals surface area contributed by atoms with E-state index >= 15 is 0 Å². The van der Waals surface area contributed by atoms with Crippen molar-refractivity contribution >= 4 is 29.4 Å². The van der Waals surface area contributed by atoms with Gasteiger partial charge in [-0.3, -0.25) is 14.4 Å².